The van der Waals surface area contributed by atoms with Gasteiger partial charge in [-0.05, 0) is 27.5 Å². The van der Waals surface area contributed by atoms with Crippen molar-refractivity contribution in [3.63, 3.8) is 0 Å². The van der Waals surface area contributed by atoms with Crippen molar-refractivity contribution in [3.8, 4) is 0 Å². The summed E-state index contributed by atoms with van der Waals surface area (Å²) in [5.74, 6) is 0. The minimum Gasteiger partial charge on any atom is -0.390 e. The fourth-order valence-corrected chi connectivity index (χ4v) is 3.56. The summed E-state index contributed by atoms with van der Waals surface area (Å²) in [7, 11) is 0. The molecule has 3 N–H and O–H groups in total. The summed E-state index contributed by atoms with van der Waals surface area (Å²) in [5.41, 5.74) is 3.16. The molecular weight excluding hydrogens is 312 g/mol. The van der Waals surface area contributed by atoms with Crippen molar-refractivity contribution < 1.29 is 9.90 Å². The van der Waals surface area contributed by atoms with E-state index >= 15 is 0 Å². The molecule has 2 atom stereocenters. The molecule has 1 aliphatic carbocycles. The van der Waals surface area contributed by atoms with Gasteiger partial charge in [0.25, 0.3) is 0 Å². The Morgan fingerprint density at radius 2 is 1.76 bits per heavy atom. The van der Waals surface area contributed by atoms with E-state index in [9.17, 15) is 9.90 Å². The van der Waals surface area contributed by atoms with E-state index in [2.05, 4.69) is 28.8 Å². The van der Waals surface area contributed by atoms with E-state index in [4.69, 9.17) is 0 Å². The van der Waals surface area contributed by atoms with Crippen LogP contribution in [-0.2, 0) is 13.0 Å². The summed E-state index contributed by atoms with van der Waals surface area (Å²) in [6.07, 6.45) is -0.00883. The van der Waals surface area contributed by atoms with Gasteiger partial charge in [0.1, 0.15) is 0 Å². The summed E-state index contributed by atoms with van der Waals surface area (Å²) in [4.78, 5) is 12.3. The van der Waals surface area contributed by atoms with Crippen molar-refractivity contribution in [1.29, 1.82) is 0 Å². The molecule has 0 radical (unpaired) electrons. The molecule has 2 amide bonds. The van der Waals surface area contributed by atoms with Crippen molar-refractivity contribution in [3.05, 3.63) is 83.4 Å². The van der Waals surface area contributed by atoms with Crippen LogP contribution in [0.25, 0.3) is 10.8 Å². The van der Waals surface area contributed by atoms with Gasteiger partial charge in [0.2, 0.25) is 0 Å². The fourth-order valence-electron chi connectivity index (χ4n) is 3.56. The highest BCUT2D eigenvalue weighted by Gasteiger charge is 2.31. The van der Waals surface area contributed by atoms with Crippen LogP contribution >= 0.6 is 0 Å². The number of fused-ring (bicyclic) bond motifs is 2. The molecule has 0 heterocycles. The first-order chi connectivity index (χ1) is 12.2. The van der Waals surface area contributed by atoms with Crippen molar-refractivity contribution in [2.45, 2.75) is 25.1 Å². The lowest BCUT2D eigenvalue weighted by Crippen LogP contribution is -2.40. The molecular formula is C21H20N2O2. The van der Waals surface area contributed by atoms with Crippen LogP contribution in [0.15, 0.2) is 66.7 Å². The number of hydrogen-bond acceptors (Lipinski definition) is 2. The number of rotatable bonds is 3. The standard InChI is InChI=1S/C21H20N2O2/c24-19-12-15-7-2-4-11-18(15)20(19)23-21(25)22-13-16-9-5-8-14-6-1-3-10-17(14)16/h1-11,19-20,24H,12-13H2,(H2,22,23,25)/t19-,20+/m0/s1. The minimum atomic E-state index is -0.583. The molecule has 0 bridgehead atoms. The first kappa shape index (κ1) is 15.7. The lowest BCUT2D eigenvalue weighted by atomic mass is 10.0. The average Bonchev–Trinajstić information content (AvgIpc) is 2.95. The molecule has 0 aromatic heterocycles. The number of carbonyl (C=O) groups is 1. The summed E-state index contributed by atoms with van der Waals surface area (Å²) in [6, 6.07) is 21.4. The first-order valence-electron chi connectivity index (χ1n) is 8.49. The second-order valence-electron chi connectivity index (χ2n) is 6.41. The molecule has 0 aliphatic heterocycles. The molecule has 0 saturated carbocycles. The van der Waals surface area contributed by atoms with Gasteiger partial charge in [0.05, 0.1) is 12.1 Å². The van der Waals surface area contributed by atoms with Crippen molar-refractivity contribution in [1.82, 2.24) is 10.6 Å². The summed E-state index contributed by atoms with van der Waals surface area (Å²) in [6.45, 7) is 0.442. The molecule has 1 aliphatic rings. The molecule has 0 spiro atoms. The van der Waals surface area contributed by atoms with Gasteiger partial charge in [-0.1, -0.05) is 66.7 Å². The minimum absolute atomic E-state index is 0.270. The van der Waals surface area contributed by atoms with E-state index in [0.717, 1.165) is 27.5 Å². The van der Waals surface area contributed by atoms with Gasteiger partial charge < -0.3 is 15.7 Å². The molecule has 4 heteroatoms. The van der Waals surface area contributed by atoms with Crippen LogP contribution in [0.5, 0.6) is 0 Å². The zero-order valence-electron chi connectivity index (χ0n) is 13.8. The Balaban J connectivity index is 1.45. The van der Waals surface area contributed by atoms with Gasteiger partial charge in [-0.2, -0.15) is 0 Å². The number of hydrogen-bond donors (Lipinski definition) is 3. The second kappa shape index (κ2) is 6.57. The topological polar surface area (TPSA) is 61.4 Å². The van der Waals surface area contributed by atoms with Crippen LogP contribution in [0.4, 0.5) is 4.79 Å². The normalized spacial score (nSPS) is 18.8. The van der Waals surface area contributed by atoms with Gasteiger partial charge in [0, 0.05) is 13.0 Å². The van der Waals surface area contributed by atoms with Gasteiger partial charge in [-0.25, -0.2) is 4.79 Å². The highest BCUT2D eigenvalue weighted by molar-refractivity contribution is 5.86. The van der Waals surface area contributed by atoms with Crippen LogP contribution in [0.2, 0.25) is 0 Å². The van der Waals surface area contributed by atoms with Crippen LogP contribution < -0.4 is 10.6 Å². The maximum absolute atomic E-state index is 12.3. The Bertz CT molecular complexity index is 917. The van der Waals surface area contributed by atoms with Gasteiger partial charge >= 0.3 is 6.03 Å². The average molecular weight is 332 g/mol. The van der Waals surface area contributed by atoms with Crippen LogP contribution in [0.3, 0.4) is 0 Å². The van der Waals surface area contributed by atoms with Crippen molar-refractivity contribution >= 4 is 16.8 Å². The maximum Gasteiger partial charge on any atom is 0.315 e. The Morgan fingerprint density at radius 1 is 1.00 bits per heavy atom. The molecule has 25 heavy (non-hydrogen) atoms. The zero-order chi connectivity index (χ0) is 17.2. The Morgan fingerprint density at radius 3 is 2.68 bits per heavy atom. The number of aliphatic hydroxyl groups excluding tert-OH is 1. The van der Waals surface area contributed by atoms with Crippen molar-refractivity contribution in [2.75, 3.05) is 0 Å². The maximum atomic E-state index is 12.3. The van der Waals surface area contributed by atoms with E-state index in [1.54, 1.807) is 0 Å². The van der Waals surface area contributed by atoms with Crippen LogP contribution in [-0.4, -0.2) is 17.2 Å². The number of amides is 2. The van der Waals surface area contributed by atoms with E-state index in [0.29, 0.717) is 13.0 Å². The Hall–Kier alpha value is -2.85. The molecule has 4 nitrogen and oxygen atoms in total. The summed E-state index contributed by atoms with van der Waals surface area (Å²) < 4.78 is 0. The fraction of sp³-hybridized carbons (Fsp3) is 0.190. The van der Waals surface area contributed by atoms with Crippen LogP contribution in [0, 0.1) is 0 Å². The number of carbonyl (C=O) groups excluding carboxylic acids is 1. The molecule has 0 unspecified atom stereocenters. The molecule has 4 rings (SSSR count). The first-order valence-corrected chi connectivity index (χ1v) is 8.49. The Kier molecular flexibility index (Phi) is 4.12. The van der Waals surface area contributed by atoms with Gasteiger partial charge in [-0.3, -0.25) is 0 Å². The molecule has 0 saturated heterocycles. The third kappa shape index (κ3) is 3.08. The lowest BCUT2D eigenvalue weighted by molar-refractivity contribution is 0.142. The highest BCUT2D eigenvalue weighted by atomic mass is 16.3. The third-order valence-corrected chi connectivity index (χ3v) is 4.81. The van der Waals surface area contributed by atoms with Gasteiger partial charge in [0.15, 0.2) is 0 Å². The van der Waals surface area contributed by atoms with Gasteiger partial charge in [-0.15, -0.1) is 0 Å². The number of nitrogens with one attached hydrogen (secondary N) is 2. The second-order valence-corrected chi connectivity index (χ2v) is 6.41. The number of benzene rings is 3. The largest absolute Gasteiger partial charge is 0.390 e. The van der Waals surface area contributed by atoms with Crippen molar-refractivity contribution in [2.24, 2.45) is 0 Å². The third-order valence-electron chi connectivity index (χ3n) is 4.81. The molecule has 126 valence electrons. The van der Waals surface area contributed by atoms with Crippen LogP contribution in [0.1, 0.15) is 22.7 Å². The van der Waals surface area contributed by atoms with E-state index < -0.39 is 6.10 Å². The zero-order valence-corrected chi connectivity index (χ0v) is 13.8. The number of urea groups is 1. The van der Waals surface area contributed by atoms with E-state index in [-0.39, 0.29) is 12.1 Å². The van der Waals surface area contributed by atoms with E-state index in [1.807, 2.05) is 48.5 Å². The number of aliphatic hydroxyl groups is 1. The summed E-state index contributed by atoms with van der Waals surface area (Å²) >= 11 is 0. The molecule has 0 fully saturated rings. The highest BCUT2D eigenvalue weighted by Crippen LogP contribution is 2.31. The predicted molar refractivity (Wildman–Crippen MR) is 98.2 cm³/mol. The lowest BCUT2D eigenvalue weighted by Gasteiger charge is -2.18. The smallest absolute Gasteiger partial charge is 0.315 e. The Labute approximate surface area is 146 Å². The molecule has 3 aromatic rings. The quantitative estimate of drug-likeness (QED) is 0.689. The molecule has 3 aromatic carbocycles. The predicted octanol–water partition coefficient (Wildman–Crippen LogP) is 3.30. The SMILES string of the molecule is O=C(NCc1cccc2ccccc12)N[C@@H]1c2ccccc2C[C@@H]1O. The summed E-state index contributed by atoms with van der Waals surface area (Å²) in [5, 5.41) is 18.3. The monoisotopic (exact) mass is 332 g/mol. The van der Waals surface area contributed by atoms with E-state index in [1.165, 1.54) is 0 Å².